The smallest absolute Gasteiger partial charge is 0.297 e. The van der Waals surface area contributed by atoms with Crippen molar-refractivity contribution in [2.24, 2.45) is 40.3 Å². The first-order valence-electron chi connectivity index (χ1n) is 17.6. The van der Waals surface area contributed by atoms with Crippen molar-refractivity contribution in [3.63, 3.8) is 0 Å². The van der Waals surface area contributed by atoms with E-state index in [2.05, 4.69) is 48.6 Å². The Morgan fingerprint density at radius 3 is 2.20 bits per heavy atom. The number of nitrogens with zero attached hydrogens (tertiary/aromatic N) is 4. The van der Waals surface area contributed by atoms with E-state index in [0.717, 1.165) is 25.2 Å². The Labute approximate surface area is 301 Å². The van der Waals surface area contributed by atoms with E-state index in [1.807, 2.05) is 20.8 Å². The number of halogens is 2. The van der Waals surface area contributed by atoms with Crippen LogP contribution in [0.15, 0.2) is 23.4 Å². The van der Waals surface area contributed by atoms with Gasteiger partial charge in [-0.05, 0) is 48.6 Å². The predicted molar refractivity (Wildman–Crippen MR) is 194 cm³/mol. The number of methoxy groups -OCH3 is 2. The van der Waals surface area contributed by atoms with Crippen LogP contribution in [0.4, 0.5) is 8.78 Å². The van der Waals surface area contributed by atoms with Gasteiger partial charge in [0.1, 0.15) is 11.8 Å². The van der Waals surface area contributed by atoms with E-state index in [1.54, 1.807) is 18.2 Å². The SMILES string of the molecule is CC.CC(C)C.CC[C@@H]1CCN(C(=O)CN=O)[C@@H]1C(N)=O.COc1ccc2nc(C(F)(F)CCOC[C@@H]3CCCC3C)c(OC)nc2c1.NC=O. The summed E-state index contributed by atoms with van der Waals surface area (Å²) in [5, 5.41) is 2.53. The highest BCUT2D eigenvalue weighted by Crippen LogP contribution is 2.37. The Bertz CT molecular complexity index is 1330. The lowest BCUT2D eigenvalue weighted by Crippen LogP contribution is -2.47. The second-order valence-electron chi connectivity index (χ2n) is 12.7. The van der Waals surface area contributed by atoms with Crippen LogP contribution in [0.1, 0.15) is 92.7 Å². The summed E-state index contributed by atoms with van der Waals surface area (Å²) in [6.45, 7) is 15.2. The van der Waals surface area contributed by atoms with Gasteiger partial charge in [-0.3, -0.25) is 14.4 Å². The number of amides is 3. The highest BCUT2D eigenvalue weighted by atomic mass is 19.3. The summed E-state index contributed by atoms with van der Waals surface area (Å²) in [6.07, 6.45) is 4.85. The first-order valence-corrected chi connectivity index (χ1v) is 17.6. The number of rotatable bonds is 12. The van der Waals surface area contributed by atoms with Crippen molar-refractivity contribution in [3.8, 4) is 11.6 Å². The molecule has 13 nitrogen and oxygen atoms in total. The lowest BCUT2D eigenvalue weighted by atomic mass is 9.97. The number of benzene rings is 1. The molecule has 2 fully saturated rings. The molecule has 0 radical (unpaired) electrons. The zero-order valence-corrected chi connectivity index (χ0v) is 31.8. The van der Waals surface area contributed by atoms with Gasteiger partial charge >= 0.3 is 0 Å². The van der Waals surface area contributed by atoms with Gasteiger partial charge in [0, 0.05) is 25.6 Å². The van der Waals surface area contributed by atoms with Crippen LogP contribution in [0.5, 0.6) is 11.6 Å². The van der Waals surface area contributed by atoms with E-state index in [4.69, 9.17) is 24.7 Å². The Morgan fingerprint density at radius 1 is 1.08 bits per heavy atom. The van der Waals surface area contributed by atoms with Crippen LogP contribution in [0.3, 0.4) is 0 Å². The van der Waals surface area contributed by atoms with Crippen LogP contribution < -0.4 is 20.9 Å². The summed E-state index contributed by atoms with van der Waals surface area (Å²) in [5.41, 5.74) is 9.76. The van der Waals surface area contributed by atoms with Crippen molar-refractivity contribution in [2.75, 3.05) is 40.5 Å². The molecule has 1 unspecified atom stereocenters. The highest BCUT2D eigenvalue weighted by molar-refractivity contribution is 5.88. The van der Waals surface area contributed by atoms with Gasteiger partial charge in [0.25, 0.3) is 5.92 Å². The van der Waals surface area contributed by atoms with Crippen LogP contribution in [0.25, 0.3) is 11.0 Å². The van der Waals surface area contributed by atoms with Crippen LogP contribution in [-0.2, 0) is 25.0 Å². The van der Waals surface area contributed by atoms with Gasteiger partial charge in [-0.15, -0.1) is 0 Å². The third-order valence-electron chi connectivity index (χ3n) is 8.17. The van der Waals surface area contributed by atoms with Gasteiger partial charge in [-0.25, -0.2) is 9.97 Å². The number of hydrogen-bond acceptors (Lipinski definition) is 10. The molecule has 4 atom stereocenters. The minimum absolute atomic E-state index is 0.0261. The standard InChI is InChI=1S/C20H26F2N2O3.C9H15N3O3.C4H10.C2H6.CH3NO/c1-13-5-4-6-14(13)12-27-10-9-20(21,22)18-19(26-3)24-17-11-15(25-2)7-8-16(17)23-18;1-2-6-3-4-12(7(13)5-11-15)8(6)9(10)14;1-4(2)3;1-2;2-1-3/h7-8,11,13-14H,4-6,9-10,12H2,1-3H3;6,8H,2-5H2,1H3,(H2,10,14);4H,1-3H3;1-2H3;1H,(H2,2,3)/t13?,14-;6-,8+;;;/m01.../s1. The van der Waals surface area contributed by atoms with Crippen molar-refractivity contribution in [1.82, 2.24) is 14.9 Å². The van der Waals surface area contributed by atoms with E-state index in [9.17, 15) is 23.3 Å². The Balaban J connectivity index is 0.000000875. The maximum Gasteiger partial charge on any atom is 0.297 e. The van der Waals surface area contributed by atoms with Crippen LogP contribution >= 0.6 is 0 Å². The number of nitrogens with two attached hydrogens (primary N) is 2. The van der Waals surface area contributed by atoms with E-state index >= 15 is 0 Å². The molecule has 2 aromatic rings. The Morgan fingerprint density at radius 2 is 1.71 bits per heavy atom. The maximum atomic E-state index is 14.8. The number of aromatic nitrogens is 2. The summed E-state index contributed by atoms with van der Waals surface area (Å²) in [5.74, 6) is -1.68. The van der Waals surface area contributed by atoms with Crippen molar-refractivity contribution in [2.45, 2.75) is 99.0 Å². The van der Waals surface area contributed by atoms with Crippen molar-refractivity contribution < 1.29 is 37.4 Å². The molecule has 0 bridgehead atoms. The van der Waals surface area contributed by atoms with Crippen molar-refractivity contribution in [1.29, 1.82) is 0 Å². The molecule has 290 valence electrons. The molecular formula is C36H60F2N6O7. The van der Waals surface area contributed by atoms with Crippen LogP contribution in [0, 0.1) is 28.6 Å². The number of likely N-dealkylation sites (tertiary alicyclic amines) is 1. The van der Waals surface area contributed by atoms with E-state index in [0.29, 0.717) is 41.8 Å². The lowest BCUT2D eigenvalue weighted by molar-refractivity contribution is -0.137. The number of carbonyl (C=O) groups excluding carboxylic acids is 3. The van der Waals surface area contributed by atoms with Gasteiger partial charge in [0.2, 0.25) is 24.1 Å². The van der Waals surface area contributed by atoms with E-state index < -0.39 is 42.4 Å². The van der Waals surface area contributed by atoms with Crippen LogP contribution in [0.2, 0.25) is 0 Å². The summed E-state index contributed by atoms with van der Waals surface area (Å²) >= 11 is 0. The van der Waals surface area contributed by atoms with E-state index in [1.165, 1.54) is 32.0 Å². The number of nitroso groups, excluding NO2 is 1. The van der Waals surface area contributed by atoms with Crippen molar-refractivity contribution in [3.05, 3.63) is 28.8 Å². The van der Waals surface area contributed by atoms with Gasteiger partial charge in [-0.2, -0.15) is 13.7 Å². The monoisotopic (exact) mass is 726 g/mol. The third-order valence-corrected chi connectivity index (χ3v) is 8.17. The van der Waals surface area contributed by atoms with Crippen LogP contribution in [-0.4, -0.2) is 79.7 Å². The third kappa shape index (κ3) is 15.8. The first-order chi connectivity index (χ1) is 24.2. The summed E-state index contributed by atoms with van der Waals surface area (Å²) in [4.78, 5) is 50.9. The molecule has 1 aliphatic heterocycles. The molecule has 4 rings (SSSR count). The topological polar surface area (TPSA) is 189 Å². The molecule has 2 aliphatic rings. The molecule has 15 heteroatoms. The number of alkyl halides is 2. The zero-order chi connectivity index (χ0) is 39.1. The zero-order valence-electron chi connectivity index (χ0n) is 31.8. The first kappa shape index (κ1) is 47.0. The fourth-order valence-corrected chi connectivity index (χ4v) is 5.64. The number of hydrogen-bond donors (Lipinski definition) is 2. The quantitative estimate of drug-likeness (QED) is 0.145. The summed E-state index contributed by atoms with van der Waals surface area (Å²) < 4.78 is 45.3. The normalized spacial score (nSPS) is 19.2. The summed E-state index contributed by atoms with van der Waals surface area (Å²) in [6, 6.07) is 4.35. The molecule has 1 saturated heterocycles. The number of ether oxygens (including phenoxy) is 3. The predicted octanol–water partition coefficient (Wildman–Crippen LogP) is 6.24. The second kappa shape index (κ2) is 25.0. The van der Waals surface area contributed by atoms with Crippen molar-refractivity contribution >= 4 is 29.3 Å². The highest BCUT2D eigenvalue weighted by Gasteiger charge is 2.40. The molecule has 1 saturated carbocycles. The molecular weight excluding hydrogens is 666 g/mol. The van der Waals surface area contributed by atoms with Gasteiger partial charge in [0.05, 0.1) is 31.9 Å². The van der Waals surface area contributed by atoms with Gasteiger partial charge in [0.15, 0.2) is 12.2 Å². The summed E-state index contributed by atoms with van der Waals surface area (Å²) in [7, 11) is 2.84. The molecule has 0 spiro atoms. The van der Waals surface area contributed by atoms with Gasteiger partial charge in [-0.1, -0.05) is 72.9 Å². The lowest BCUT2D eigenvalue weighted by Gasteiger charge is -2.24. The number of primary amides is 2. The molecule has 1 aromatic heterocycles. The minimum atomic E-state index is -3.19. The molecule has 1 aromatic carbocycles. The fraction of sp³-hybridized carbons (Fsp3) is 0.694. The molecule has 1 aliphatic carbocycles. The maximum absolute atomic E-state index is 14.8. The average Bonchev–Trinajstić information content (AvgIpc) is 3.73. The minimum Gasteiger partial charge on any atom is -0.497 e. The number of carbonyl (C=O) groups is 3. The molecule has 3 amide bonds. The second-order valence-corrected chi connectivity index (χ2v) is 12.7. The molecule has 4 N–H and O–H groups in total. The molecule has 2 heterocycles. The van der Waals surface area contributed by atoms with Gasteiger partial charge < -0.3 is 30.6 Å². The largest absolute Gasteiger partial charge is 0.497 e. The Kier molecular flexibility index (Phi) is 23.1. The Hall–Kier alpha value is -4.01. The molecule has 51 heavy (non-hydrogen) atoms. The average molecular weight is 727 g/mol. The number of fused-ring (bicyclic) bond motifs is 1. The van der Waals surface area contributed by atoms with E-state index in [-0.39, 0.29) is 24.8 Å². The fourth-order valence-electron chi connectivity index (χ4n) is 5.64.